The minimum atomic E-state index is -0.878. The monoisotopic (exact) mass is 463 g/mol. The molecule has 4 aliphatic rings. The zero-order valence-corrected chi connectivity index (χ0v) is 22.2. The van der Waals surface area contributed by atoms with E-state index in [1.54, 1.807) is 0 Å². The molecule has 4 nitrogen and oxygen atoms in total. The molecule has 3 unspecified atom stereocenters. The van der Waals surface area contributed by atoms with Crippen LogP contribution in [0.15, 0.2) is 0 Å². The largest absolute Gasteiger partial charge is 0.395 e. The van der Waals surface area contributed by atoms with E-state index in [1.165, 1.54) is 44.9 Å². The highest BCUT2D eigenvalue weighted by Crippen LogP contribution is 2.69. The molecule has 192 valence electrons. The van der Waals surface area contributed by atoms with Crippen LogP contribution in [0, 0.1) is 46.3 Å². The summed E-state index contributed by atoms with van der Waals surface area (Å²) in [6.45, 7) is 12.8. The number of rotatable bonds is 8. The van der Waals surface area contributed by atoms with E-state index in [0.717, 1.165) is 42.9 Å². The van der Waals surface area contributed by atoms with Gasteiger partial charge in [0.15, 0.2) is 0 Å². The van der Waals surface area contributed by atoms with E-state index >= 15 is 0 Å². The van der Waals surface area contributed by atoms with Gasteiger partial charge >= 0.3 is 0 Å². The van der Waals surface area contributed by atoms with Crippen LogP contribution in [0.4, 0.5) is 0 Å². The number of hydrogen-bond donors (Lipinski definition) is 4. The second-order valence-electron chi connectivity index (χ2n) is 13.6. The molecule has 0 aliphatic heterocycles. The van der Waals surface area contributed by atoms with Crippen LogP contribution in [0.3, 0.4) is 0 Å². The van der Waals surface area contributed by atoms with E-state index in [4.69, 9.17) is 0 Å². The Labute approximate surface area is 203 Å². The van der Waals surface area contributed by atoms with Crippen molar-refractivity contribution in [3.8, 4) is 0 Å². The summed E-state index contributed by atoms with van der Waals surface area (Å²) >= 11 is 0. The summed E-state index contributed by atoms with van der Waals surface area (Å²) in [6, 6.07) is -0.0317. The quantitative estimate of drug-likeness (QED) is 0.402. The molecular formula is C29H53NO3. The molecule has 4 aliphatic carbocycles. The molecule has 0 saturated heterocycles. The van der Waals surface area contributed by atoms with Gasteiger partial charge in [0.1, 0.15) is 0 Å². The fourth-order valence-corrected chi connectivity index (χ4v) is 9.81. The van der Waals surface area contributed by atoms with E-state index in [9.17, 15) is 15.3 Å². The van der Waals surface area contributed by atoms with Crippen molar-refractivity contribution in [2.45, 2.75) is 123 Å². The van der Waals surface area contributed by atoms with Crippen LogP contribution in [0.5, 0.6) is 0 Å². The summed E-state index contributed by atoms with van der Waals surface area (Å²) in [4.78, 5) is 0. The molecule has 0 radical (unpaired) electrons. The minimum absolute atomic E-state index is 0.0317. The van der Waals surface area contributed by atoms with Gasteiger partial charge in [0.05, 0.1) is 18.3 Å². The van der Waals surface area contributed by atoms with Gasteiger partial charge in [-0.3, -0.25) is 0 Å². The Bertz CT molecular complexity index is 669. The standard InChI is InChI=1S/C29H53NO3/c1-19(2)7-6-8-20(3)23-9-10-24-22-17-26(30-15-16-31)29(33)18-21(32)11-14-28(29,5)25(22)12-13-27(23,24)4/h19-26,30-33H,6-18H2,1-5H3/t20-,21?,22+,23-,24+,25+,26?,27-,28-,29?/m1/s1. The third-order valence-electron chi connectivity index (χ3n) is 11.6. The van der Waals surface area contributed by atoms with Crippen molar-refractivity contribution in [1.29, 1.82) is 0 Å². The fourth-order valence-electron chi connectivity index (χ4n) is 9.81. The molecule has 4 N–H and O–H groups in total. The van der Waals surface area contributed by atoms with E-state index in [-0.39, 0.29) is 18.1 Å². The first-order valence-corrected chi connectivity index (χ1v) is 14.3. The Balaban J connectivity index is 1.56. The van der Waals surface area contributed by atoms with E-state index < -0.39 is 11.7 Å². The van der Waals surface area contributed by atoms with Gasteiger partial charge in [-0.25, -0.2) is 0 Å². The molecule has 4 saturated carbocycles. The van der Waals surface area contributed by atoms with Crippen LogP contribution < -0.4 is 5.32 Å². The average molecular weight is 464 g/mol. The Kier molecular flexibility index (Phi) is 7.63. The SMILES string of the molecule is CC(C)CCC[C@@H](C)[C@H]1CC[C@H]2[C@@H]3CC(NCCO)C4(O)CC(O)CC[C@]4(C)[C@H]3CC[C@]12C. The third kappa shape index (κ3) is 4.34. The van der Waals surface area contributed by atoms with Crippen LogP contribution in [-0.4, -0.2) is 46.2 Å². The van der Waals surface area contributed by atoms with Crippen molar-refractivity contribution in [2.75, 3.05) is 13.2 Å². The predicted octanol–water partition coefficient (Wildman–Crippen LogP) is 5.14. The zero-order chi connectivity index (χ0) is 24.0. The first kappa shape index (κ1) is 25.9. The maximum atomic E-state index is 12.1. The van der Waals surface area contributed by atoms with Gasteiger partial charge < -0.3 is 20.6 Å². The molecule has 0 aromatic carbocycles. The lowest BCUT2D eigenvalue weighted by Gasteiger charge is -2.66. The van der Waals surface area contributed by atoms with Crippen molar-refractivity contribution in [3.05, 3.63) is 0 Å². The van der Waals surface area contributed by atoms with Gasteiger partial charge in [-0.1, -0.05) is 53.9 Å². The Morgan fingerprint density at radius 2 is 1.73 bits per heavy atom. The maximum Gasteiger partial charge on any atom is 0.0880 e. The molecule has 33 heavy (non-hydrogen) atoms. The minimum Gasteiger partial charge on any atom is -0.395 e. The predicted molar refractivity (Wildman–Crippen MR) is 135 cm³/mol. The summed E-state index contributed by atoms with van der Waals surface area (Å²) in [5.74, 6) is 4.39. The number of aliphatic hydroxyl groups is 3. The van der Waals surface area contributed by atoms with Crippen molar-refractivity contribution in [2.24, 2.45) is 46.3 Å². The zero-order valence-electron chi connectivity index (χ0n) is 22.2. The van der Waals surface area contributed by atoms with Gasteiger partial charge in [0.25, 0.3) is 0 Å². The smallest absolute Gasteiger partial charge is 0.0880 e. The van der Waals surface area contributed by atoms with Gasteiger partial charge in [-0.15, -0.1) is 0 Å². The van der Waals surface area contributed by atoms with Crippen LogP contribution >= 0.6 is 0 Å². The second kappa shape index (κ2) is 9.71. The average Bonchev–Trinajstić information content (AvgIpc) is 3.10. The molecule has 0 aromatic rings. The molecule has 0 amide bonds. The number of aliphatic hydroxyl groups excluding tert-OH is 2. The van der Waals surface area contributed by atoms with Crippen molar-refractivity contribution < 1.29 is 15.3 Å². The third-order valence-corrected chi connectivity index (χ3v) is 11.6. The highest BCUT2D eigenvalue weighted by atomic mass is 16.3. The van der Waals surface area contributed by atoms with Gasteiger partial charge in [0.2, 0.25) is 0 Å². The first-order valence-electron chi connectivity index (χ1n) is 14.3. The highest BCUT2D eigenvalue weighted by Gasteiger charge is 2.67. The highest BCUT2D eigenvalue weighted by molar-refractivity contribution is 5.18. The summed E-state index contributed by atoms with van der Waals surface area (Å²) in [7, 11) is 0. The van der Waals surface area contributed by atoms with Crippen LogP contribution in [0.25, 0.3) is 0 Å². The number of fused-ring (bicyclic) bond motifs is 5. The lowest BCUT2D eigenvalue weighted by Crippen LogP contribution is -2.71. The maximum absolute atomic E-state index is 12.1. The summed E-state index contributed by atoms with van der Waals surface area (Å²) in [6.07, 6.45) is 12.1. The van der Waals surface area contributed by atoms with Crippen molar-refractivity contribution in [3.63, 3.8) is 0 Å². The van der Waals surface area contributed by atoms with Crippen molar-refractivity contribution >= 4 is 0 Å². The molecule has 10 atom stereocenters. The van der Waals surface area contributed by atoms with Crippen molar-refractivity contribution in [1.82, 2.24) is 5.32 Å². The van der Waals surface area contributed by atoms with Gasteiger partial charge in [-0.05, 0) is 85.9 Å². The van der Waals surface area contributed by atoms with Crippen LogP contribution in [0.2, 0.25) is 0 Å². The Morgan fingerprint density at radius 1 is 0.970 bits per heavy atom. The number of hydrogen-bond acceptors (Lipinski definition) is 4. The molecule has 0 bridgehead atoms. The molecule has 0 spiro atoms. The Morgan fingerprint density at radius 3 is 2.42 bits per heavy atom. The van der Waals surface area contributed by atoms with Crippen LogP contribution in [0.1, 0.15) is 105 Å². The summed E-state index contributed by atoms with van der Waals surface area (Å²) < 4.78 is 0. The van der Waals surface area contributed by atoms with Gasteiger partial charge in [0, 0.05) is 24.4 Å². The second-order valence-corrected chi connectivity index (χ2v) is 13.6. The normalized spacial score (nSPS) is 48.3. The van der Waals surface area contributed by atoms with Crippen LogP contribution in [-0.2, 0) is 0 Å². The first-order chi connectivity index (χ1) is 15.6. The van der Waals surface area contributed by atoms with E-state index in [1.807, 2.05) is 0 Å². The molecule has 0 aromatic heterocycles. The molecule has 4 rings (SSSR count). The lowest BCUT2D eigenvalue weighted by atomic mass is 9.42. The number of nitrogens with one attached hydrogen (secondary N) is 1. The topological polar surface area (TPSA) is 72.7 Å². The van der Waals surface area contributed by atoms with E-state index in [0.29, 0.717) is 30.2 Å². The molecular weight excluding hydrogens is 410 g/mol. The van der Waals surface area contributed by atoms with E-state index in [2.05, 4.69) is 39.9 Å². The Hall–Kier alpha value is -0.160. The molecule has 0 heterocycles. The summed E-state index contributed by atoms with van der Waals surface area (Å²) in [5.41, 5.74) is -0.596. The van der Waals surface area contributed by atoms with Gasteiger partial charge in [-0.2, -0.15) is 0 Å². The summed E-state index contributed by atoms with van der Waals surface area (Å²) in [5, 5.41) is 35.7. The fraction of sp³-hybridized carbons (Fsp3) is 1.00. The molecule has 4 heteroatoms. The lowest BCUT2D eigenvalue weighted by molar-refractivity contribution is -0.234. The molecule has 4 fully saturated rings.